The van der Waals surface area contributed by atoms with Crippen molar-refractivity contribution in [3.05, 3.63) is 86.2 Å². The molecule has 2 aromatic carbocycles. The molecule has 5 heteroatoms. The number of hydrogen-bond donors (Lipinski definition) is 0. The van der Waals surface area contributed by atoms with Crippen molar-refractivity contribution in [2.75, 3.05) is 0 Å². The van der Waals surface area contributed by atoms with E-state index in [-0.39, 0.29) is 5.56 Å². The normalized spacial score (nSPS) is 11.1. The summed E-state index contributed by atoms with van der Waals surface area (Å²) in [7, 11) is 0. The first-order valence-electron chi connectivity index (χ1n) is 7.90. The molecule has 0 bridgehead atoms. The lowest BCUT2D eigenvalue weighted by atomic mass is 10.1. The fraction of sp³-hybridized carbons (Fsp3) is 0.100. The highest BCUT2D eigenvalue weighted by atomic mass is 79.9. The highest BCUT2D eigenvalue weighted by Crippen LogP contribution is 2.31. The molecule has 0 spiro atoms. The van der Waals surface area contributed by atoms with Crippen LogP contribution in [0.3, 0.4) is 0 Å². The molecule has 0 atom stereocenters. The van der Waals surface area contributed by atoms with Crippen LogP contribution in [0.5, 0.6) is 0 Å². The minimum absolute atomic E-state index is 0.0138. The molecule has 2 aromatic heterocycles. The quantitative estimate of drug-likeness (QED) is 0.462. The summed E-state index contributed by atoms with van der Waals surface area (Å²) in [5, 5.41) is 2.01. The number of rotatable bonds is 3. The van der Waals surface area contributed by atoms with Crippen molar-refractivity contribution in [1.82, 2.24) is 9.55 Å². The Morgan fingerprint density at radius 1 is 1.16 bits per heavy atom. The van der Waals surface area contributed by atoms with E-state index in [1.807, 2.05) is 41.8 Å². The Hall–Kier alpha value is -2.24. The maximum absolute atomic E-state index is 12.8. The average Bonchev–Trinajstić information content (AvgIpc) is 3.03. The summed E-state index contributed by atoms with van der Waals surface area (Å²) in [4.78, 5) is 17.4. The van der Waals surface area contributed by atoms with E-state index in [0.717, 1.165) is 26.7 Å². The predicted molar refractivity (Wildman–Crippen MR) is 107 cm³/mol. The molecule has 0 amide bonds. The Balaban J connectivity index is 1.77. The number of hydrogen-bond acceptors (Lipinski definition) is 3. The van der Waals surface area contributed by atoms with Crippen LogP contribution in [0, 0.1) is 6.92 Å². The summed E-state index contributed by atoms with van der Waals surface area (Å²) >= 11 is 4.91. The van der Waals surface area contributed by atoms with Crippen LogP contribution in [-0.2, 0) is 6.54 Å². The second kappa shape index (κ2) is 6.58. The highest BCUT2D eigenvalue weighted by molar-refractivity contribution is 9.10. The molecule has 0 saturated heterocycles. The Labute approximate surface area is 157 Å². The molecule has 4 aromatic rings. The number of thiophene rings is 1. The Morgan fingerprint density at radius 2 is 1.96 bits per heavy atom. The van der Waals surface area contributed by atoms with Gasteiger partial charge in [-0.1, -0.05) is 57.9 Å². The van der Waals surface area contributed by atoms with Gasteiger partial charge in [0.2, 0.25) is 0 Å². The van der Waals surface area contributed by atoms with Crippen LogP contribution in [0.4, 0.5) is 0 Å². The van der Waals surface area contributed by atoms with Crippen molar-refractivity contribution in [3.63, 3.8) is 0 Å². The number of aryl methyl sites for hydroxylation is 1. The van der Waals surface area contributed by atoms with Gasteiger partial charge in [-0.3, -0.25) is 9.36 Å². The first kappa shape index (κ1) is 16.2. The van der Waals surface area contributed by atoms with Gasteiger partial charge in [0.15, 0.2) is 0 Å². The van der Waals surface area contributed by atoms with E-state index in [4.69, 9.17) is 0 Å². The summed E-state index contributed by atoms with van der Waals surface area (Å²) in [6.07, 6.45) is 1.65. The summed E-state index contributed by atoms with van der Waals surface area (Å²) < 4.78 is 3.41. The van der Waals surface area contributed by atoms with Crippen LogP contribution in [0.1, 0.15) is 11.1 Å². The second-order valence-corrected chi connectivity index (χ2v) is 7.80. The summed E-state index contributed by atoms with van der Waals surface area (Å²) in [5.41, 5.74) is 5.16. The van der Waals surface area contributed by atoms with Gasteiger partial charge in [0.05, 0.1) is 18.4 Å². The van der Waals surface area contributed by atoms with Crippen molar-refractivity contribution in [1.29, 1.82) is 0 Å². The maximum Gasteiger partial charge on any atom is 0.271 e. The van der Waals surface area contributed by atoms with Gasteiger partial charge in [-0.25, -0.2) is 4.98 Å². The zero-order chi connectivity index (χ0) is 17.4. The molecule has 25 heavy (non-hydrogen) atoms. The third-order valence-electron chi connectivity index (χ3n) is 4.14. The van der Waals surface area contributed by atoms with Crippen LogP contribution in [0.15, 0.2) is 69.5 Å². The molecule has 0 aliphatic heterocycles. The minimum atomic E-state index is 0.0138. The van der Waals surface area contributed by atoms with Crippen LogP contribution < -0.4 is 5.56 Å². The molecule has 0 radical (unpaired) electrons. The lowest BCUT2D eigenvalue weighted by Crippen LogP contribution is -2.20. The lowest BCUT2D eigenvalue weighted by molar-refractivity contribution is 0.749. The van der Waals surface area contributed by atoms with Gasteiger partial charge in [-0.2, -0.15) is 0 Å². The second-order valence-electron chi connectivity index (χ2n) is 6.00. The van der Waals surface area contributed by atoms with Crippen LogP contribution in [0.2, 0.25) is 0 Å². The maximum atomic E-state index is 12.8. The molecular formula is C20H15BrN2OS. The van der Waals surface area contributed by atoms with Crippen LogP contribution in [0.25, 0.3) is 21.3 Å². The average molecular weight is 411 g/mol. The van der Waals surface area contributed by atoms with E-state index in [1.165, 1.54) is 16.9 Å². The van der Waals surface area contributed by atoms with E-state index < -0.39 is 0 Å². The fourth-order valence-electron chi connectivity index (χ4n) is 2.90. The first-order chi connectivity index (χ1) is 12.1. The molecule has 0 aliphatic carbocycles. The molecular weight excluding hydrogens is 396 g/mol. The van der Waals surface area contributed by atoms with Crippen molar-refractivity contribution in [2.24, 2.45) is 0 Å². The molecule has 0 N–H and O–H groups in total. The number of fused-ring (bicyclic) bond motifs is 1. The van der Waals surface area contributed by atoms with Gasteiger partial charge in [0.25, 0.3) is 5.56 Å². The number of halogens is 1. The Kier molecular flexibility index (Phi) is 4.27. The van der Waals surface area contributed by atoms with Gasteiger partial charge < -0.3 is 0 Å². The SMILES string of the molecule is Cc1cccc(Cn2cnc3c(-c4ccc(Br)cc4)csc3c2=O)c1. The third-order valence-corrected chi connectivity index (χ3v) is 5.62. The standard InChI is InChI=1S/C20H15BrN2OS/c1-13-3-2-4-14(9-13)10-23-12-22-18-17(11-25-19(18)20(23)24)15-5-7-16(21)8-6-15/h2-9,11-12H,10H2,1H3. The monoisotopic (exact) mass is 410 g/mol. The van der Waals surface area contributed by atoms with Crippen molar-refractivity contribution >= 4 is 37.5 Å². The highest BCUT2D eigenvalue weighted by Gasteiger charge is 2.12. The number of benzene rings is 2. The van der Waals surface area contributed by atoms with Crippen LogP contribution >= 0.6 is 27.3 Å². The van der Waals surface area contributed by atoms with Crippen LogP contribution in [-0.4, -0.2) is 9.55 Å². The lowest BCUT2D eigenvalue weighted by Gasteiger charge is -2.07. The molecule has 0 saturated carbocycles. The predicted octanol–water partition coefficient (Wildman–Crippen LogP) is 5.24. The molecule has 2 heterocycles. The number of aromatic nitrogens is 2. The summed E-state index contributed by atoms with van der Waals surface area (Å²) in [6, 6.07) is 16.3. The van der Waals surface area contributed by atoms with Crippen molar-refractivity contribution < 1.29 is 0 Å². The molecule has 0 unspecified atom stereocenters. The van der Waals surface area contributed by atoms with Gasteiger partial charge in [-0.15, -0.1) is 11.3 Å². The van der Waals surface area contributed by atoms with Crippen molar-refractivity contribution in [3.8, 4) is 11.1 Å². The molecule has 124 valence electrons. The molecule has 0 fully saturated rings. The van der Waals surface area contributed by atoms with Gasteiger partial charge in [-0.05, 0) is 30.2 Å². The van der Waals surface area contributed by atoms with E-state index in [0.29, 0.717) is 11.2 Å². The van der Waals surface area contributed by atoms with E-state index in [9.17, 15) is 4.79 Å². The largest absolute Gasteiger partial charge is 0.294 e. The Morgan fingerprint density at radius 3 is 2.72 bits per heavy atom. The summed E-state index contributed by atoms with van der Waals surface area (Å²) in [5.74, 6) is 0. The van der Waals surface area contributed by atoms with E-state index in [1.54, 1.807) is 10.9 Å². The molecule has 4 rings (SSSR count). The third kappa shape index (κ3) is 3.17. The zero-order valence-electron chi connectivity index (χ0n) is 13.6. The van der Waals surface area contributed by atoms with E-state index >= 15 is 0 Å². The number of nitrogens with zero attached hydrogens (tertiary/aromatic N) is 2. The Bertz CT molecular complexity index is 1110. The zero-order valence-corrected chi connectivity index (χ0v) is 16.0. The first-order valence-corrected chi connectivity index (χ1v) is 9.57. The van der Waals surface area contributed by atoms with E-state index in [2.05, 4.69) is 40.0 Å². The van der Waals surface area contributed by atoms with Gasteiger partial charge in [0, 0.05) is 15.4 Å². The summed E-state index contributed by atoms with van der Waals surface area (Å²) in [6.45, 7) is 2.59. The fourth-order valence-corrected chi connectivity index (χ4v) is 4.14. The van der Waals surface area contributed by atoms with Gasteiger partial charge in [0.1, 0.15) is 4.70 Å². The topological polar surface area (TPSA) is 34.9 Å². The van der Waals surface area contributed by atoms with Crippen molar-refractivity contribution in [2.45, 2.75) is 13.5 Å². The minimum Gasteiger partial charge on any atom is -0.294 e. The molecule has 0 aliphatic rings. The molecule has 3 nitrogen and oxygen atoms in total. The van der Waals surface area contributed by atoms with Gasteiger partial charge >= 0.3 is 0 Å². The smallest absolute Gasteiger partial charge is 0.271 e.